The highest BCUT2D eigenvalue weighted by atomic mass is 19.1. The van der Waals surface area contributed by atoms with Crippen molar-refractivity contribution in [1.29, 1.82) is 0 Å². The average molecular weight is 352 g/mol. The van der Waals surface area contributed by atoms with Gasteiger partial charge in [-0.2, -0.15) is 0 Å². The van der Waals surface area contributed by atoms with Crippen LogP contribution in [0.15, 0.2) is 47.6 Å². The number of imide groups is 1. The minimum Gasteiger partial charge on any atom is -0.378 e. The van der Waals surface area contributed by atoms with E-state index in [9.17, 15) is 14.0 Å². The highest BCUT2D eigenvalue weighted by Crippen LogP contribution is 2.40. The molecule has 1 atom stereocenters. The molecule has 0 unspecified atom stereocenters. The van der Waals surface area contributed by atoms with Gasteiger partial charge in [-0.25, -0.2) is 9.29 Å². The largest absolute Gasteiger partial charge is 0.378 e. The number of carbonyl (C=O) groups excluding carboxylic acids is 2. The lowest BCUT2D eigenvalue weighted by Gasteiger charge is -2.22. The number of halogens is 1. The summed E-state index contributed by atoms with van der Waals surface area (Å²) in [5.41, 5.74) is 2.21. The van der Waals surface area contributed by atoms with Crippen LogP contribution < -0.4 is 4.90 Å². The Kier molecular flexibility index (Phi) is 3.64. The normalized spacial score (nSPS) is 22.1. The number of benzene rings is 2. The number of hydrogen-bond donors (Lipinski definition) is 0. The van der Waals surface area contributed by atoms with Crippen molar-refractivity contribution in [3.63, 3.8) is 0 Å². The topological polar surface area (TPSA) is 59.0 Å². The van der Waals surface area contributed by atoms with E-state index in [4.69, 9.17) is 4.84 Å². The molecule has 0 radical (unpaired) electrons. The van der Waals surface area contributed by atoms with Gasteiger partial charge in [-0.3, -0.25) is 9.59 Å². The molecular formula is C20H17FN2O3. The molecule has 132 valence electrons. The van der Waals surface area contributed by atoms with Gasteiger partial charge in [0.05, 0.1) is 17.8 Å². The number of aryl methyl sites for hydroxylation is 2. The lowest BCUT2D eigenvalue weighted by atomic mass is 9.92. The second kappa shape index (κ2) is 5.76. The highest BCUT2D eigenvalue weighted by molar-refractivity contribution is 6.26. The summed E-state index contributed by atoms with van der Waals surface area (Å²) in [6.07, 6.45) is 0.123. The maximum absolute atomic E-state index is 13.1. The molecule has 2 heterocycles. The molecule has 1 saturated heterocycles. The zero-order chi connectivity index (χ0) is 18.5. The van der Waals surface area contributed by atoms with Crippen LogP contribution in [-0.4, -0.2) is 23.1 Å². The molecule has 0 N–H and O–H groups in total. The molecule has 0 bridgehead atoms. The maximum Gasteiger partial charge on any atom is 0.281 e. The van der Waals surface area contributed by atoms with Gasteiger partial charge < -0.3 is 4.84 Å². The van der Waals surface area contributed by atoms with E-state index in [2.05, 4.69) is 5.16 Å². The fraction of sp³-hybridized carbons (Fsp3) is 0.250. The van der Waals surface area contributed by atoms with Gasteiger partial charge in [0, 0.05) is 6.42 Å². The Morgan fingerprint density at radius 1 is 1.04 bits per heavy atom. The Morgan fingerprint density at radius 2 is 1.69 bits per heavy atom. The van der Waals surface area contributed by atoms with Crippen LogP contribution in [0.3, 0.4) is 0 Å². The second-order valence-corrected chi connectivity index (χ2v) is 6.76. The van der Waals surface area contributed by atoms with Crippen LogP contribution in [0.1, 0.15) is 29.5 Å². The summed E-state index contributed by atoms with van der Waals surface area (Å²) in [4.78, 5) is 32.5. The first-order valence-electron chi connectivity index (χ1n) is 8.36. The predicted octanol–water partition coefficient (Wildman–Crippen LogP) is 3.27. The summed E-state index contributed by atoms with van der Waals surface area (Å²) in [6, 6.07) is 11.4. The van der Waals surface area contributed by atoms with Crippen molar-refractivity contribution in [2.75, 3.05) is 4.90 Å². The minimum absolute atomic E-state index is 0.0617. The van der Waals surface area contributed by atoms with E-state index in [1.165, 1.54) is 17.0 Å². The molecule has 4 rings (SSSR count). The smallest absolute Gasteiger partial charge is 0.281 e. The van der Waals surface area contributed by atoms with Crippen molar-refractivity contribution in [2.45, 2.75) is 32.3 Å². The Bertz CT molecular complexity index is 932. The Hall–Kier alpha value is -3.02. The number of amides is 2. The van der Waals surface area contributed by atoms with Crippen LogP contribution in [0, 0.1) is 19.7 Å². The predicted molar refractivity (Wildman–Crippen MR) is 94.4 cm³/mol. The monoisotopic (exact) mass is 352 g/mol. The second-order valence-electron chi connectivity index (χ2n) is 6.76. The number of carbonyl (C=O) groups is 2. The SMILES string of the molecule is Cc1cccc(C)c1N1C(=O)C[C@]2(CC(c3ccc(F)cc3)=NO2)C1=O. The maximum atomic E-state index is 13.1. The summed E-state index contributed by atoms with van der Waals surface area (Å²) >= 11 is 0. The van der Waals surface area contributed by atoms with Crippen molar-refractivity contribution >= 4 is 23.2 Å². The third-order valence-corrected chi connectivity index (χ3v) is 4.90. The molecule has 5 nitrogen and oxygen atoms in total. The van der Waals surface area contributed by atoms with Crippen molar-refractivity contribution in [3.05, 3.63) is 65.0 Å². The zero-order valence-corrected chi connectivity index (χ0v) is 14.5. The van der Waals surface area contributed by atoms with E-state index in [0.717, 1.165) is 11.1 Å². The average Bonchev–Trinajstić information content (AvgIpc) is 3.12. The molecule has 0 saturated carbocycles. The molecule has 26 heavy (non-hydrogen) atoms. The van der Waals surface area contributed by atoms with Gasteiger partial charge >= 0.3 is 0 Å². The van der Waals surface area contributed by atoms with E-state index >= 15 is 0 Å². The summed E-state index contributed by atoms with van der Waals surface area (Å²) in [6.45, 7) is 3.73. The summed E-state index contributed by atoms with van der Waals surface area (Å²) in [5.74, 6) is -1.06. The quantitative estimate of drug-likeness (QED) is 0.780. The van der Waals surface area contributed by atoms with Gasteiger partial charge in [0.1, 0.15) is 5.82 Å². The molecule has 2 aliphatic rings. The number of oxime groups is 1. The summed E-state index contributed by atoms with van der Waals surface area (Å²) < 4.78 is 13.1. The Labute approximate surface area is 150 Å². The van der Waals surface area contributed by atoms with Gasteiger partial charge in [-0.05, 0) is 42.7 Å². The fourth-order valence-corrected chi connectivity index (χ4v) is 3.58. The van der Waals surface area contributed by atoms with Crippen LogP contribution in [0.25, 0.3) is 0 Å². The van der Waals surface area contributed by atoms with E-state index < -0.39 is 11.5 Å². The molecule has 1 spiro atoms. The first kappa shape index (κ1) is 16.4. The Morgan fingerprint density at radius 3 is 2.35 bits per heavy atom. The number of rotatable bonds is 2. The standard InChI is InChI=1S/C20H17FN2O3/c1-12-4-3-5-13(2)18(12)23-17(24)11-20(19(23)25)10-16(22-26-20)14-6-8-15(21)9-7-14/h3-9H,10-11H2,1-2H3/t20-/m1/s1. The number of nitrogens with zero attached hydrogens (tertiary/aromatic N) is 2. The molecule has 6 heteroatoms. The molecule has 2 aliphatic heterocycles. The van der Waals surface area contributed by atoms with Crippen molar-refractivity contribution in [3.8, 4) is 0 Å². The molecule has 1 fully saturated rings. The number of anilines is 1. The number of para-hydroxylation sites is 1. The lowest BCUT2D eigenvalue weighted by Crippen LogP contribution is -2.41. The van der Waals surface area contributed by atoms with Crippen LogP contribution in [-0.2, 0) is 14.4 Å². The number of hydrogen-bond acceptors (Lipinski definition) is 4. The van der Waals surface area contributed by atoms with E-state index in [1.54, 1.807) is 12.1 Å². The minimum atomic E-state index is -1.31. The third-order valence-electron chi connectivity index (χ3n) is 4.90. The first-order valence-corrected chi connectivity index (χ1v) is 8.36. The zero-order valence-electron chi connectivity index (χ0n) is 14.5. The van der Waals surface area contributed by atoms with Gasteiger partial charge in [0.25, 0.3) is 5.91 Å². The van der Waals surface area contributed by atoms with Crippen molar-refractivity contribution < 1.29 is 18.8 Å². The fourth-order valence-electron chi connectivity index (χ4n) is 3.58. The first-order chi connectivity index (χ1) is 12.4. The van der Waals surface area contributed by atoms with Gasteiger partial charge in [0.2, 0.25) is 11.5 Å². The van der Waals surface area contributed by atoms with Crippen molar-refractivity contribution in [2.24, 2.45) is 5.16 Å². The molecule has 0 aromatic heterocycles. The van der Waals surface area contributed by atoms with Crippen LogP contribution >= 0.6 is 0 Å². The van der Waals surface area contributed by atoms with Crippen molar-refractivity contribution in [1.82, 2.24) is 0 Å². The molecule has 0 aliphatic carbocycles. The lowest BCUT2D eigenvalue weighted by molar-refractivity contribution is -0.136. The molecule has 2 aromatic rings. The van der Waals surface area contributed by atoms with Gasteiger partial charge in [0.15, 0.2) is 0 Å². The van der Waals surface area contributed by atoms with Gasteiger partial charge in [-0.1, -0.05) is 35.5 Å². The van der Waals surface area contributed by atoms with E-state index in [1.807, 2.05) is 32.0 Å². The van der Waals surface area contributed by atoms with E-state index in [-0.39, 0.29) is 24.6 Å². The summed E-state index contributed by atoms with van der Waals surface area (Å²) in [5, 5.41) is 4.02. The Balaban J connectivity index is 1.65. The van der Waals surface area contributed by atoms with Crippen LogP contribution in [0.4, 0.5) is 10.1 Å². The van der Waals surface area contributed by atoms with E-state index in [0.29, 0.717) is 17.0 Å². The van der Waals surface area contributed by atoms with Crippen LogP contribution in [0.2, 0.25) is 0 Å². The third kappa shape index (κ3) is 2.41. The van der Waals surface area contributed by atoms with Crippen LogP contribution in [0.5, 0.6) is 0 Å². The van der Waals surface area contributed by atoms with Gasteiger partial charge in [-0.15, -0.1) is 0 Å². The summed E-state index contributed by atoms with van der Waals surface area (Å²) in [7, 11) is 0. The highest BCUT2D eigenvalue weighted by Gasteiger charge is 2.58. The molecular weight excluding hydrogens is 335 g/mol. The molecule has 2 aromatic carbocycles. The molecule has 2 amide bonds.